The molecule has 0 aliphatic rings. The number of hydrogen-bond donors (Lipinski definition) is 1. The molecule has 2 N–H and O–H groups in total. The second kappa shape index (κ2) is 3.55. The molecule has 1 unspecified atom stereocenters. The molecule has 1 aromatic rings. The second-order valence-electron chi connectivity index (χ2n) is 3.09. The van der Waals surface area contributed by atoms with Crippen molar-refractivity contribution in [3.05, 3.63) is 34.6 Å². The van der Waals surface area contributed by atoms with Crippen molar-refractivity contribution in [3.8, 4) is 6.07 Å². The summed E-state index contributed by atoms with van der Waals surface area (Å²) in [4.78, 5) is 0. The van der Waals surface area contributed by atoms with E-state index >= 15 is 0 Å². The van der Waals surface area contributed by atoms with Gasteiger partial charge in [0, 0.05) is 6.04 Å². The molecule has 0 aliphatic heterocycles. The molecule has 0 fully saturated rings. The Bertz CT molecular complexity index is 364. The largest absolute Gasteiger partial charge is 0.324 e. The molecule has 0 radical (unpaired) electrons. The Morgan fingerprint density at radius 3 is 2.62 bits per heavy atom. The lowest BCUT2D eigenvalue weighted by Gasteiger charge is -2.09. The predicted molar refractivity (Wildman–Crippen MR) is 48.5 cm³/mol. The highest BCUT2D eigenvalue weighted by Crippen LogP contribution is 2.19. The molecule has 68 valence electrons. The molecule has 1 atom stereocenters. The van der Waals surface area contributed by atoms with E-state index in [4.69, 9.17) is 11.0 Å². The number of hydrogen-bond acceptors (Lipinski definition) is 2. The average molecular weight is 178 g/mol. The van der Waals surface area contributed by atoms with E-state index in [1.807, 2.05) is 6.07 Å². The van der Waals surface area contributed by atoms with Gasteiger partial charge < -0.3 is 5.73 Å². The number of nitrogens with two attached hydrogens (primary N) is 1. The highest BCUT2D eigenvalue weighted by Gasteiger charge is 2.09. The zero-order valence-electron chi connectivity index (χ0n) is 7.63. The normalized spacial score (nSPS) is 12.2. The Kier molecular flexibility index (Phi) is 2.64. The van der Waals surface area contributed by atoms with Crippen LogP contribution in [0.15, 0.2) is 12.1 Å². The van der Waals surface area contributed by atoms with Gasteiger partial charge in [0.25, 0.3) is 0 Å². The van der Waals surface area contributed by atoms with Crippen LogP contribution < -0.4 is 5.73 Å². The van der Waals surface area contributed by atoms with E-state index in [1.54, 1.807) is 19.9 Å². The standard InChI is InChI=1S/C10H11FN2/c1-6-3-9(7(2)13)8(5-12)4-10(6)11/h3-4,7H,13H2,1-2H3. The predicted octanol–water partition coefficient (Wildman–Crippen LogP) is 2.03. The quantitative estimate of drug-likeness (QED) is 0.715. The smallest absolute Gasteiger partial charge is 0.127 e. The fourth-order valence-electron chi connectivity index (χ4n) is 1.18. The van der Waals surface area contributed by atoms with Gasteiger partial charge in [0.15, 0.2) is 0 Å². The van der Waals surface area contributed by atoms with E-state index in [0.717, 1.165) is 0 Å². The third-order valence-corrected chi connectivity index (χ3v) is 1.94. The van der Waals surface area contributed by atoms with Crippen molar-refractivity contribution in [1.29, 1.82) is 5.26 Å². The molecule has 0 heterocycles. The van der Waals surface area contributed by atoms with Gasteiger partial charge in [-0.3, -0.25) is 0 Å². The third-order valence-electron chi connectivity index (χ3n) is 1.94. The van der Waals surface area contributed by atoms with Crippen LogP contribution in [-0.4, -0.2) is 0 Å². The maximum atomic E-state index is 13.0. The number of nitriles is 1. The lowest BCUT2D eigenvalue weighted by molar-refractivity contribution is 0.615. The summed E-state index contributed by atoms with van der Waals surface area (Å²) < 4.78 is 13.0. The first-order valence-electron chi connectivity index (χ1n) is 4.02. The first-order chi connectivity index (χ1) is 6.06. The van der Waals surface area contributed by atoms with Crippen molar-refractivity contribution < 1.29 is 4.39 Å². The maximum Gasteiger partial charge on any atom is 0.127 e. The van der Waals surface area contributed by atoms with E-state index in [9.17, 15) is 4.39 Å². The van der Waals surface area contributed by atoms with Gasteiger partial charge in [0.1, 0.15) is 5.82 Å². The summed E-state index contributed by atoms with van der Waals surface area (Å²) in [5, 5.41) is 8.71. The van der Waals surface area contributed by atoms with Gasteiger partial charge in [-0.25, -0.2) is 4.39 Å². The van der Waals surface area contributed by atoms with Gasteiger partial charge in [-0.15, -0.1) is 0 Å². The van der Waals surface area contributed by atoms with Crippen molar-refractivity contribution in [1.82, 2.24) is 0 Å². The molecule has 0 aromatic heterocycles. The van der Waals surface area contributed by atoms with Crippen LogP contribution in [0.4, 0.5) is 4.39 Å². The molecule has 2 nitrogen and oxygen atoms in total. The van der Waals surface area contributed by atoms with Crippen LogP contribution in [-0.2, 0) is 0 Å². The SMILES string of the molecule is Cc1cc(C(C)N)c(C#N)cc1F. The summed E-state index contributed by atoms with van der Waals surface area (Å²) in [6, 6.07) is 4.54. The summed E-state index contributed by atoms with van der Waals surface area (Å²) in [7, 11) is 0. The van der Waals surface area contributed by atoms with Crippen LogP contribution in [0.1, 0.15) is 29.7 Å². The first kappa shape index (κ1) is 9.69. The minimum atomic E-state index is -0.360. The van der Waals surface area contributed by atoms with Crippen LogP contribution in [0.5, 0.6) is 0 Å². The van der Waals surface area contributed by atoms with Crippen LogP contribution in [0.25, 0.3) is 0 Å². The zero-order valence-corrected chi connectivity index (χ0v) is 7.63. The summed E-state index contributed by atoms with van der Waals surface area (Å²) in [5.41, 5.74) is 7.17. The van der Waals surface area contributed by atoms with E-state index < -0.39 is 0 Å². The molecule has 0 bridgehead atoms. The van der Waals surface area contributed by atoms with E-state index in [2.05, 4.69) is 0 Å². The zero-order chi connectivity index (χ0) is 10.0. The lowest BCUT2D eigenvalue weighted by Crippen LogP contribution is -2.08. The van der Waals surface area contributed by atoms with Gasteiger partial charge in [-0.1, -0.05) is 6.07 Å². The number of halogens is 1. The molecular weight excluding hydrogens is 167 g/mol. The van der Waals surface area contributed by atoms with Crippen molar-refractivity contribution in [2.24, 2.45) is 5.73 Å². The molecular formula is C10H11FN2. The van der Waals surface area contributed by atoms with E-state index in [-0.39, 0.29) is 11.9 Å². The van der Waals surface area contributed by atoms with Crippen LogP contribution in [0.3, 0.4) is 0 Å². The maximum absolute atomic E-state index is 13.0. The van der Waals surface area contributed by atoms with Crippen molar-refractivity contribution in [2.45, 2.75) is 19.9 Å². The minimum Gasteiger partial charge on any atom is -0.324 e. The molecule has 0 amide bonds. The second-order valence-corrected chi connectivity index (χ2v) is 3.09. The molecule has 13 heavy (non-hydrogen) atoms. The first-order valence-corrected chi connectivity index (χ1v) is 4.02. The van der Waals surface area contributed by atoms with Gasteiger partial charge in [-0.2, -0.15) is 5.26 Å². The number of aryl methyl sites for hydroxylation is 1. The van der Waals surface area contributed by atoms with Gasteiger partial charge in [0.2, 0.25) is 0 Å². The number of nitrogens with zero attached hydrogens (tertiary/aromatic N) is 1. The van der Waals surface area contributed by atoms with Crippen LogP contribution >= 0.6 is 0 Å². The number of benzene rings is 1. The van der Waals surface area contributed by atoms with Crippen molar-refractivity contribution >= 4 is 0 Å². The summed E-state index contributed by atoms with van der Waals surface area (Å²) in [5.74, 6) is -0.360. The molecule has 3 heteroatoms. The Labute approximate surface area is 76.8 Å². The minimum absolute atomic E-state index is 0.242. The molecule has 0 spiro atoms. The van der Waals surface area contributed by atoms with Gasteiger partial charge in [0.05, 0.1) is 11.6 Å². The lowest BCUT2D eigenvalue weighted by atomic mass is 10.00. The topological polar surface area (TPSA) is 49.8 Å². The molecule has 0 aliphatic carbocycles. The fourth-order valence-corrected chi connectivity index (χ4v) is 1.18. The van der Waals surface area contributed by atoms with Gasteiger partial charge in [-0.05, 0) is 31.0 Å². The Morgan fingerprint density at radius 1 is 1.54 bits per heavy atom. The molecule has 0 saturated heterocycles. The molecule has 1 rings (SSSR count). The summed E-state index contributed by atoms with van der Waals surface area (Å²) in [6.07, 6.45) is 0. The average Bonchev–Trinajstić information content (AvgIpc) is 2.08. The Morgan fingerprint density at radius 2 is 2.15 bits per heavy atom. The fraction of sp³-hybridized carbons (Fsp3) is 0.300. The summed E-state index contributed by atoms with van der Waals surface area (Å²) in [6.45, 7) is 3.43. The van der Waals surface area contributed by atoms with Crippen molar-refractivity contribution in [2.75, 3.05) is 0 Å². The molecule has 0 saturated carbocycles. The third kappa shape index (κ3) is 1.85. The van der Waals surface area contributed by atoms with Crippen LogP contribution in [0.2, 0.25) is 0 Å². The van der Waals surface area contributed by atoms with E-state index in [1.165, 1.54) is 6.07 Å². The van der Waals surface area contributed by atoms with E-state index in [0.29, 0.717) is 16.7 Å². The Hall–Kier alpha value is -1.40. The van der Waals surface area contributed by atoms with Crippen molar-refractivity contribution in [3.63, 3.8) is 0 Å². The number of rotatable bonds is 1. The Balaban J connectivity index is 3.35. The van der Waals surface area contributed by atoms with Gasteiger partial charge >= 0.3 is 0 Å². The summed E-state index contributed by atoms with van der Waals surface area (Å²) >= 11 is 0. The molecule has 1 aromatic carbocycles. The monoisotopic (exact) mass is 178 g/mol. The highest BCUT2D eigenvalue weighted by atomic mass is 19.1. The highest BCUT2D eigenvalue weighted by molar-refractivity contribution is 5.42. The van der Waals surface area contributed by atoms with Crippen LogP contribution in [0, 0.1) is 24.1 Å².